The van der Waals surface area contributed by atoms with Gasteiger partial charge in [-0.15, -0.1) is 11.3 Å². The Morgan fingerprint density at radius 1 is 1.43 bits per heavy atom. The first kappa shape index (κ1) is 9.49. The molecular weight excluding hydrogens is 194 g/mol. The molecule has 2 aromatic heterocycles. The minimum absolute atomic E-state index is 0.122. The Bertz CT molecular complexity index is 416. The second-order valence-corrected chi connectivity index (χ2v) is 4.69. The molecule has 2 nitrogen and oxygen atoms in total. The molecule has 0 aliphatic heterocycles. The Balaban J connectivity index is 2.36. The largest absolute Gasteiger partial charge is 0.467 e. The normalized spacial score (nSPS) is 13.1. The maximum Gasteiger partial charge on any atom is 0.125 e. The van der Waals surface area contributed by atoms with Crippen molar-refractivity contribution in [3.63, 3.8) is 0 Å². The number of furan rings is 1. The van der Waals surface area contributed by atoms with E-state index in [1.807, 2.05) is 12.1 Å². The Labute approximate surface area is 87.4 Å². The third kappa shape index (κ3) is 1.61. The summed E-state index contributed by atoms with van der Waals surface area (Å²) in [5.41, 5.74) is 7.34. The highest BCUT2D eigenvalue weighted by Crippen LogP contribution is 2.30. The molecule has 2 heterocycles. The van der Waals surface area contributed by atoms with Gasteiger partial charge in [-0.1, -0.05) is 0 Å². The van der Waals surface area contributed by atoms with Crippen LogP contribution in [0.4, 0.5) is 0 Å². The molecule has 0 aliphatic carbocycles. The first-order valence-electron chi connectivity index (χ1n) is 4.54. The van der Waals surface area contributed by atoms with Crippen molar-refractivity contribution in [2.75, 3.05) is 0 Å². The van der Waals surface area contributed by atoms with Gasteiger partial charge in [0.05, 0.1) is 12.3 Å². The van der Waals surface area contributed by atoms with Gasteiger partial charge in [-0.3, -0.25) is 0 Å². The number of hydrogen-bond acceptors (Lipinski definition) is 3. The molecule has 2 aromatic rings. The van der Waals surface area contributed by atoms with Crippen LogP contribution in [0.5, 0.6) is 0 Å². The summed E-state index contributed by atoms with van der Waals surface area (Å²) in [7, 11) is 0. The molecule has 0 amide bonds. The molecule has 1 unspecified atom stereocenters. The summed E-state index contributed by atoms with van der Waals surface area (Å²) >= 11 is 1.74. The van der Waals surface area contributed by atoms with Gasteiger partial charge < -0.3 is 10.2 Å². The van der Waals surface area contributed by atoms with Crippen LogP contribution in [0.15, 0.2) is 28.9 Å². The van der Waals surface area contributed by atoms with Gasteiger partial charge in [0, 0.05) is 9.75 Å². The van der Waals surface area contributed by atoms with E-state index < -0.39 is 0 Å². The van der Waals surface area contributed by atoms with E-state index in [4.69, 9.17) is 10.2 Å². The lowest BCUT2D eigenvalue weighted by molar-refractivity contribution is 0.491. The fourth-order valence-electron chi connectivity index (χ4n) is 1.57. The predicted octanol–water partition coefficient (Wildman–Crippen LogP) is 3.01. The molecule has 0 aliphatic rings. The molecule has 0 spiro atoms. The average molecular weight is 207 g/mol. The van der Waals surface area contributed by atoms with Crippen molar-refractivity contribution < 1.29 is 4.42 Å². The van der Waals surface area contributed by atoms with Crippen LogP contribution < -0.4 is 5.73 Å². The Morgan fingerprint density at radius 3 is 2.71 bits per heavy atom. The molecule has 0 saturated carbocycles. The molecule has 0 aromatic carbocycles. The van der Waals surface area contributed by atoms with Crippen molar-refractivity contribution in [2.45, 2.75) is 19.9 Å². The minimum atomic E-state index is -0.122. The van der Waals surface area contributed by atoms with Gasteiger partial charge in [0.25, 0.3) is 0 Å². The fraction of sp³-hybridized carbons (Fsp3) is 0.273. The maximum absolute atomic E-state index is 6.09. The van der Waals surface area contributed by atoms with Crippen LogP contribution in [0.3, 0.4) is 0 Å². The average Bonchev–Trinajstić information content (AvgIpc) is 2.73. The Hall–Kier alpha value is -1.06. The molecule has 0 saturated heterocycles. The third-order valence-corrected chi connectivity index (χ3v) is 3.45. The van der Waals surface area contributed by atoms with Crippen LogP contribution >= 0.6 is 11.3 Å². The van der Waals surface area contributed by atoms with E-state index >= 15 is 0 Å². The van der Waals surface area contributed by atoms with Crippen LogP contribution in [0.2, 0.25) is 0 Å². The lowest BCUT2D eigenvalue weighted by atomic mass is 10.1. The van der Waals surface area contributed by atoms with Crippen LogP contribution in [0, 0.1) is 13.8 Å². The molecular formula is C11H13NOS. The number of rotatable bonds is 2. The van der Waals surface area contributed by atoms with Gasteiger partial charge in [0.1, 0.15) is 5.76 Å². The second kappa shape index (κ2) is 3.59. The molecule has 2 N–H and O–H groups in total. The van der Waals surface area contributed by atoms with E-state index in [0.29, 0.717) is 0 Å². The molecule has 14 heavy (non-hydrogen) atoms. The van der Waals surface area contributed by atoms with E-state index in [2.05, 4.69) is 19.9 Å². The third-order valence-electron chi connectivity index (χ3n) is 2.21. The topological polar surface area (TPSA) is 39.2 Å². The molecule has 1 atom stereocenters. The van der Waals surface area contributed by atoms with Crippen molar-refractivity contribution in [3.05, 3.63) is 45.5 Å². The second-order valence-electron chi connectivity index (χ2n) is 3.40. The van der Waals surface area contributed by atoms with Gasteiger partial charge >= 0.3 is 0 Å². The summed E-state index contributed by atoms with van der Waals surface area (Å²) in [4.78, 5) is 2.48. The lowest BCUT2D eigenvalue weighted by Gasteiger charge is -2.07. The van der Waals surface area contributed by atoms with Crippen LogP contribution in [0.25, 0.3) is 0 Å². The van der Waals surface area contributed by atoms with Crippen LogP contribution in [0.1, 0.15) is 27.1 Å². The number of nitrogens with two attached hydrogens (primary N) is 1. The first-order chi connectivity index (χ1) is 6.68. The summed E-state index contributed by atoms with van der Waals surface area (Å²) in [5.74, 6) is 0.829. The van der Waals surface area contributed by atoms with E-state index in [9.17, 15) is 0 Å². The van der Waals surface area contributed by atoms with E-state index in [1.54, 1.807) is 17.6 Å². The van der Waals surface area contributed by atoms with Crippen molar-refractivity contribution >= 4 is 11.3 Å². The summed E-state index contributed by atoms with van der Waals surface area (Å²) in [5, 5.41) is 0. The monoisotopic (exact) mass is 207 g/mol. The van der Waals surface area contributed by atoms with Gasteiger partial charge in [-0.25, -0.2) is 0 Å². The summed E-state index contributed by atoms with van der Waals surface area (Å²) in [6.07, 6.45) is 1.66. The quantitative estimate of drug-likeness (QED) is 0.822. The Morgan fingerprint density at radius 2 is 2.21 bits per heavy atom. The molecule has 0 fully saturated rings. The first-order valence-corrected chi connectivity index (χ1v) is 5.36. The summed E-state index contributed by atoms with van der Waals surface area (Å²) in [6, 6.07) is 5.82. The highest BCUT2D eigenvalue weighted by molar-refractivity contribution is 7.12. The highest BCUT2D eigenvalue weighted by atomic mass is 32.1. The summed E-state index contributed by atoms with van der Waals surface area (Å²) in [6.45, 7) is 4.18. The molecule has 74 valence electrons. The van der Waals surface area contributed by atoms with Gasteiger partial charge in [-0.2, -0.15) is 0 Å². The SMILES string of the molecule is Cc1cc(C)c(C(N)c2ccco2)s1. The smallest absolute Gasteiger partial charge is 0.125 e. The summed E-state index contributed by atoms with van der Waals surface area (Å²) < 4.78 is 5.30. The van der Waals surface area contributed by atoms with Crippen LogP contribution in [-0.2, 0) is 0 Å². The van der Waals surface area contributed by atoms with Crippen molar-refractivity contribution in [1.82, 2.24) is 0 Å². The lowest BCUT2D eigenvalue weighted by Crippen LogP contribution is -2.10. The molecule has 3 heteroatoms. The van der Waals surface area contributed by atoms with Crippen molar-refractivity contribution in [2.24, 2.45) is 5.73 Å². The molecule has 2 rings (SSSR count). The zero-order valence-corrected chi connectivity index (χ0v) is 9.10. The van der Waals surface area contributed by atoms with E-state index in [-0.39, 0.29) is 6.04 Å². The maximum atomic E-state index is 6.09. The fourth-order valence-corrected chi connectivity index (χ4v) is 2.61. The molecule has 0 radical (unpaired) electrons. The Kier molecular flexibility index (Phi) is 2.44. The predicted molar refractivity (Wildman–Crippen MR) is 58.5 cm³/mol. The number of aryl methyl sites for hydroxylation is 2. The number of thiophene rings is 1. The zero-order valence-electron chi connectivity index (χ0n) is 8.28. The highest BCUT2D eigenvalue weighted by Gasteiger charge is 2.15. The zero-order chi connectivity index (χ0) is 10.1. The van der Waals surface area contributed by atoms with Gasteiger partial charge in [0.2, 0.25) is 0 Å². The van der Waals surface area contributed by atoms with E-state index in [1.165, 1.54) is 15.3 Å². The van der Waals surface area contributed by atoms with Gasteiger partial charge in [-0.05, 0) is 37.6 Å². The molecule has 0 bridgehead atoms. The van der Waals surface area contributed by atoms with Crippen molar-refractivity contribution in [3.8, 4) is 0 Å². The number of hydrogen-bond donors (Lipinski definition) is 1. The minimum Gasteiger partial charge on any atom is -0.467 e. The van der Waals surface area contributed by atoms with E-state index in [0.717, 1.165) is 5.76 Å². The van der Waals surface area contributed by atoms with Gasteiger partial charge in [0.15, 0.2) is 0 Å². The standard InChI is InChI=1S/C11H13NOS/c1-7-6-8(2)14-11(7)10(12)9-4-3-5-13-9/h3-6,10H,12H2,1-2H3. The van der Waals surface area contributed by atoms with Crippen molar-refractivity contribution in [1.29, 1.82) is 0 Å². The van der Waals surface area contributed by atoms with Crippen LogP contribution in [-0.4, -0.2) is 0 Å².